The van der Waals surface area contributed by atoms with Crippen LogP contribution in [0.3, 0.4) is 0 Å². The molecule has 1 aliphatic heterocycles. The van der Waals surface area contributed by atoms with Crippen LogP contribution in [-0.4, -0.2) is 47.6 Å². The fourth-order valence-electron chi connectivity index (χ4n) is 3.96. The number of hydrogen-bond donors (Lipinski definition) is 1. The van der Waals surface area contributed by atoms with Gasteiger partial charge in [-0.2, -0.15) is 0 Å². The lowest BCUT2D eigenvalue weighted by molar-refractivity contribution is -0.163. The lowest BCUT2D eigenvalue weighted by Crippen LogP contribution is -2.72. The molecule has 5 heteroatoms. The quantitative estimate of drug-likeness (QED) is 0.845. The first kappa shape index (κ1) is 13.9. The third kappa shape index (κ3) is 1.94. The monoisotopic (exact) mass is 280 g/mol. The van der Waals surface area contributed by atoms with E-state index in [1.165, 1.54) is 0 Å². The normalized spacial score (nSPS) is 36.1. The van der Waals surface area contributed by atoms with Gasteiger partial charge in [0, 0.05) is 13.2 Å². The van der Waals surface area contributed by atoms with Gasteiger partial charge < -0.3 is 15.0 Å². The summed E-state index contributed by atoms with van der Waals surface area (Å²) in [6.45, 7) is 1.98. The molecule has 1 saturated heterocycles. The van der Waals surface area contributed by atoms with Gasteiger partial charge in [0.15, 0.2) is 0 Å². The molecule has 2 aliphatic carbocycles. The average Bonchev–Trinajstić information content (AvgIpc) is 2.83. The van der Waals surface area contributed by atoms with E-state index in [4.69, 9.17) is 4.74 Å². The summed E-state index contributed by atoms with van der Waals surface area (Å²) < 4.78 is 5.32. The van der Waals surface area contributed by atoms with E-state index in [1.54, 1.807) is 7.11 Å². The first-order chi connectivity index (χ1) is 9.61. The second-order valence-electron chi connectivity index (χ2n) is 6.40. The summed E-state index contributed by atoms with van der Waals surface area (Å²) in [4.78, 5) is 27.3. The maximum atomic E-state index is 13.0. The molecule has 3 fully saturated rings. The highest BCUT2D eigenvalue weighted by molar-refractivity contribution is 6.00. The molecule has 3 aliphatic rings. The molecule has 0 aromatic carbocycles. The third-order valence-corrected chi connectivity index (χ3v) is 5.29. The van der Waals surface area contributed by atoms with Gasteiger partial charge in [-0.3, -0.25) is 9.59 Å². The highest BCUT2D eigenvalue weighted by atomic mass is 16.5. The standard InChI is InChI=1S/C15H24N2O3/c1-3-12-13(18)16-15(6-4-5-7-15)14(19)17(12)10-8-11(9-10)20-2/h10-12H,3-9H2,1-2H3,(H,16,18). The molecular formula is C15H24N2O3. The molecular weight excluding hydrogens is 256 g/mol. The Morgan fingerprint density at radius 3 is 2.50 bits per heavy atom. The van der Waals surface area contributed by atoms with Crippen molar-refractivity contribution in [1.29, 1.82) is 0 Å². The first-order valence-corrected chi connectivity index (χ1v) is 7.79. The highest BCUT2D eigenvalue weighted by Crippen LogP contribution is 2.39. The van der Waals surface area contributed by atoms with Crippen LogP contribution in [0.15, 0.2) is 0 Å². The van der Waals surface area contributed by atoms with Crippen LogP contribution in [-0.2, 0) is 14.3 Å². The zero-order chi connectivity index (χ0) is 14.3. The number of carbonyl (C=O) groups is 2. The molecule has 0 bridgehead atoms. The van der Waals surface area contributed by atoms with Gasteiger partial charge >= 0.3 is 0 Å². The van der Waals surface area contributed by atoms with Crippen molar-refractivity contribution in [1.82, 2.24) is 10.2 Å². The van der Waals surface area contributed by atoms with Crippen LogP contribution in [0.5, 0.6) is 0 Å². The van der Waals surface area contributed by atoms with Crippen molar-refractivity contribution in [2.24, 2.45) is 0 Å². The van der Waals surface area contributed by atoms with Gasteiger partial charge in [-0.25, -0.2) is 0 Å². The topological polar surface area (TPSA) is 58.6 Å². The van der Waals surface area contributed by atoms with Crippen LogP contribution in [0.4, 0.5) is 0 Å². The predicted molar refractivity (Wildman–Crippen MR) is 74.1 cm³/mol. The lowest BCUT2D eigenvalue weighted by Gasteiger charge is -2.51. The molecule has 0 aromatic heterocycles. The minimum Gasteiger partial charge on any atom is -0.381 e. The number of carbonyl (C=O) groups excluding carboxylic acids is 2. The Kier molecular flexibility index (Phi) is 3.48. The minimum atomic E-state index is -0.596. The number of methoxy groups -OCH3 is 1. The molecule has 1 unspecified atom stereocenters. The Bertz CT molecular complexity index is 411. The Morgan fingerprint density at radius 1 is 1.30 bits per heavy atom. The molecule has 20 heavy (non-hydrogen) atoms. The molecule has 0 aromatic rings. The lowest BCUT2D eigenvalue weighted by atomic mass is 9.82. The van der Waals surface area contributed by atoms with Crippen molar-refractivity contribution in [2.75, 3.05) is 7.11 Å². The van der Waals surface area contributed by atoms with Gasteiger partial charge in [0.25, 0.3) is 0 Å². The van der Waals surface area contributed by atoms with Crippen molar-refractivity contribution >= 4 is 11.8 Å². The molecule has 2 saturated carbocycles. The molecule has 3 rings (SSSR count). The van der Waals surface area contributed by atoms with E-state index in [0.29, 0.717) is 6.42 Å². The number of ether oxygens (including phenoxy) is 1. The summed E-state index contributed by atoms with van der Waals surface area (Å²) in [5.74, 6) is 0.191. The Labute approximate surface area is 120 Å². The van der Waals surface area contributed by atoms with Crippen LogP contribution in [0.2, 0.25) is 0 Å². The summed E-state index contributed by atoms with van der Waals surface area (Å²) in [5, 5.41) is 3.04. The highest BCUT2D eigenvalue weighted by Gasteiger charge is 2.54. The molecule has 112 valence electrons. The van der Waals surface area contributed by atoms with Gasteiger partial charge in [-0.1, -0.05) is 19.8 Å². The van der Waals surface area contributed by atoms with Crippen molar-refractivity contribution in [3.05, 3.63) is 0 Å². The fourth-order valence-corrected chi connectivity index (χ4v) is 3.96. The average molecular weight is 280 g/mol. The third-order valence-electron chi connectivity index (χ3n) is 5.29. The molecule has 1 N–H and O–H groups in total. The summed E-state index contributed by atoms with van der Waals surface area (Å²) in [6.07, 6.45) is 6.31. The summed E-state index contributed by atoms with van der Waals surface area (Å²) >= 11 is 0. The number of piperazine rings is 1. The second-order valence-corrected chi connectivity index (χ2v) is 6.40. The van der Waals surface area contributed by atoms with E-state index in [1.807, 2.05) is 11.8 Å². The number of hydrogen-bond acceptors (Lipinski definition) is 3. The molecule has 2 amide bonds. The predicted octanol–water partition coefficient (Wildman–Crippen LogP) is 1.21. The maximum absolute atomic E-state index is 13.0. The minimum absolute atomic E-state index is 0.0369. The molecule has 1 heterocycles. The fraction of sp³-hybridized carbons (Fsp3) is 0.867. The number of nitrogens with one attached hydrogen (secondary N) is 1. The van der Waals surface area contributed by atoms with E-state index >= 15 is 0 Å². The summed E-state index contributed by atoms with van der Waals surface area (Å²) in [5.41, 5.74) is -0.596. The molecule has 0 radical (unpaired) electrons. The first-order valence-electron chi connectivity index (χ1n) is 7.79. The van der Waals surface area contributed by atoms with Crippen LogP contribution in [0.25, 0.3) is 0 Å². The number of rotatable bonds is 3. The van der Waals surface area contributed by atoms with E-state index < -0.39 is 5.54 Å². The van der Waals surface area contributed by atoms with Crippen LogP contribution < -0.4 is 5.32 Å². The zero-order valence-electron chi connectivity index (χ0n) is 12.4. The van der Waals surface area contributed by atoms with Crippen LogP contribution >= 0.6 is 0 Å². The smallest absolute Gasteiger partial charge is 0.249 e. The Hall–Kier alpha value is -1.10. The van der Waals surface area contributed by atoms with Crippen LogP contribution in [0, 0.1) is 0 Å². The van der Waals surface area contributed by atoms with E-state index in [9.17, 15) is 9.59 Å². The van der Waals surface area contributed by atoms with Gasteiger partial charge in [-0.05, 0) is 32.1 Å². The SMILES string of the molecule is CCC1C(=O)NC2(CCCC2)C(=O)N1C1CC(OC)C1. The zero-order valence-corrected chi connectivity index (χ0v) is 12.4. The Balaban J connectivity index is 1.83. The van der Waals surface area contributed by atoms with Crippen molar-refractivity contribution in [3.63, 3.8) is 0 Å². The number of nitrogens with zero attached hydrogens (tertiary/aromatic N) is 1. The van der Waals surface area contributed by atoms with Gasteiger partial charge in [0.1, 0.15) is 11.6 Å². The largest absolute Gasteiger partial charge is 0.381 e. The van der Waals surface area contributed by atoms with E-state index in [-0.39, 0.29) is 30.0 Å². The second kappa shape index (κ2) is 5.02. The van der Waals surface area contributed by atoms with Gasteiger partial charge in [0.05, 0.1) is 6.10 Å². The van der Waals surface area contributed by atoms with E-state index in [0.717, 1.165) is 38.5 Å². The van der Waals surface area contributed by atoms with Crippen molar-refractivity contribution in [3.8, 4) is 0 Å². The summed E-state index contributed by atoms with van der Waals surface area (Å²) in [7, 11) is 1.71. The summed E-state index contributed by atoms with van der Waals surface area (Å²) in [6, 6.07) is -0.113. The van der Waals surface area contributed by atoms with Gasteiger partial charge in [0.2, 0.25) is 11.8 Å². The maximum Gasteiger partial charge on any atom is 0.249 e. The molecule has 5 nitrogen and oxygen atoms in total. The van der Waals surface area contributed by atoms with Crippen molar-refractivity contribution in [2.45, 2.75) is 75.6 Å². The van der Waals surface area contributed by atoms with Crippen molar-refractivity contribution < 1.29 is 14.3 Å². The van der Waals surface area contributed by atoms with Crippen LogP contribution in [0.1, 0.15) is 51.9 Å². The molecule has 1 spiro atoms. The molecule has 1 atom stereocenters. The van der Waals surface area contributed by atoms with E-state index in [2.05, 4.69) is 5.32 Å². The van der Waals surface area contributed by atoms with Gasteiger partial charge in [-0.15, -0.1) is 0 Å². The number of amides is 2. The Morgan fingerprint density at radius 2 is 1.95 bits per heavy atom.